The molecule has 1 fully saturated rings. The molecule has 0 aromatic heterocycles. The Labute approximate surface area is 131 Å². The highest BCUT2D eigenvalue weighted by Crippen LogP contribution is 2.18. The van der Waals surface area contributed by atoms with Crippen molar-refractivity contribution in [1.82, 2.24) is 15.1 Å². The molecule has 0 bridgehead atoms. The van der Waals surface area contributed by atoms with Gasteiger partial charge in [-0.05, 0) is 19.8 Å². The summed E-state index contributed by atoms with van der Waals surface area (Å²) in [7, 11) is 0. The van der Waals surface area contributed by atoms with Crippen LogP contribution < -0.4 is 5.32 Å². The van der Waals surface area contributed by atoms with Crippen LogP contribution in [0.4, 0.5) is 0 Å². The van der Waals surface area contributed by atoms with Gasteiger partial charge in [0.05, 0.1) is 5.54 Å². The summed E-state index contributed by atoms with van der Waals surface area (Å²) in [6.45, 7) is 11.0. The Balaban J connectivity index is 2.71. The van der Waals surface area contributed by atoms with E-state index in [1.807, 2.05) is 4.90 Å². The van der Waals surface area contributed by atoms with Gasteiger partial charge in [-0.25, -0.2) is 4.79 Å². The van der Waals surface area contributed by atoms with Crippen LogP contribution in [0.3, 0.4) is 0 Å². The van der Waals surface area contributed by atoms with Crippen LogP contribution in [0.2, 0.25) is 0 Å². The standard InChI is InChI=1S/C15H27N3O4/c1-10(2)12(13(20)21)16-14(22)15(4,5)18-8-6-17(7-9-18)11(3)19/h10,12H,6-9H2,1-5H3,(H,16,22)(H,20,21). The molecule has 2 N–H and O–H groups in total. The molecule has 0 saturated carbocycles. The summed E-state index contributed by atoms with van der Waals surface area (Å²) in [4.78, 5) is 38.8. The third-order valence-corrected chi connectivity index (χ3v) is 4.29. The monoisotopic (exact) mass is 313 g/mol. The molecule has 7 heteroatoms. The van der Waals surface area contributed by atoms with Gasteiger partial charge in [0.25, 0.3) is 0 Å². The molecule has 22 heavy (non-hydrogen) atoms. The largest absolute Gasteiger partial charge is 0.480 e. The lowest BCUT2D eigenvalue weighted by Gasteiger charge is -2.43. The molecule has 0 aliphatic carbocycles. The van der Waals surface area contributed by atoms with E-state index in [0.29, 0.717) is 26.2 Å². The van der Waals surface area contributed by atoms with Gasteiger partial charge >= 0.3 is 5.97 Å². The van der Waals surface area contributed by atoms with Crippen molar-refractivity contribution in [1.29, 1.82) is 0 Å². The predicted molar refractivity (Wildman–Crippen MR) is 82.3 cm³/mol. The van der Waals surface area contributed by atoms with Crippen molar-refractivity contribution in [3.63, 3.8) is 0 Å². The number of carbonyl (C=O) groups is 3. The normalized spacial score (nSPS) is 18.2. The van der Waals surface area contributed by atoms with E-state index >= 15 is 0 Å². The molecule has 0 aromatic carbocycles. The van der Waals surface area contributed by atoms with Crippen LogP contribution in [0, 0.1) is 5.92 Å². The molecule has 2 amide bonds. The van der Waals surface area contributed by atoms with Crippen LogP contribution >= 0.6 is 0 Å². The number of hydrogen-bond donors (Lipinski definition) is 2. The second kappa shape index (κ2) is 7.09. The van der Waals surface area contributed by atoms with Gasteiger partial charge in [0, 0.05) is 33.1 Å². The van der Waals surface area contributed by atoms with E-state index in [9.17, 15) is 19.5 Å². The van der Waals surface area contributed by atoms with Gasteiger partial charge in [0.15, 0.2) is 0 Å². The van der Waals surface area contributed by atoms with Gasteiger partial charge in [-0.15, -0.1) is 0 Å². The number of carboxylic acid groups (broad SMARTS) is 1. The lowest BCUT2D eigenvalue weighted by atomic mass is 9.97. The number of nitrogens with one attached hydrogen (secondary N) is 1. The second-order valence-electron chi connectivity index (χ2n) is 6.59. The summed E-state index contributed by atoms with van der Waals surface area (Å²) < 4.78 is 0. The van der Waals surface area contributed by atoms with Gasteiger partial charge in [-0.1, -0.05) is 13.8 Å². The van der Waals surface area contributed by atoms with Crippen LogP contribution in [0.5, 0.6) is 0 Å². The number of carboxylic acids is 1. The van der Waals surface area contributed by atoms with Crippen LogP contribution in [-0.2, 0) is 14.4 Å². The number of hydrogen-bond acceptors (Lipinski definition) is 4. The fraction of sp³-hybridized carbons (Fsp3) is 0.800. The number of rotatable bonds is 5. The van der Waals surface area contributed by atoms with Gasteiger partial charge in [-0.3, -0.25) is 14.5 Å². The summed E-state index contributed by atoms with van der Waals surface area (Å²) >= 11 is 0. The number of nitrogens with zero attached hydrogens (tertiary/aromatic N) is 2. The molecule has 7 nitrogen and oxygen atoms in total. The highest BCUT2D eigenvalue weighted by atomic mass is 16.4. The Kier molecular flexibility index (Phi) is 5.93. The van der Waals surface area contributed by atoms with Crippen LogP contribution in [0.15, 0.2) is 0 Å². The lowest BCUT2D eigenvalue weighted by Crippen LogP contribution is -2.62. The molecular formula is C15H27N3O4. The number of aliphatic carboxylic acids is 1. The third kappa shape index (κ3) is 4.19. The quantitative estimate of drug-likeness (QED) is 0.754. The van der Waals surface area contributed by atoms with E-state index in [1.165, 1.54) is 6.92 Å². The van der Waals surface area contributed by atoms with E-state index < -0.39 is 17.6 Å². The van der Waals surface area contributed by atoms with Crippen LogP contribution in [0.25, 0.3) is 0 Å². The summed E-state index contributed by atoms with van der Waals surface area (Å²) in [5, 5.41) is 11.8. The molecule has 126 valence electrons. The molecule has 1 atom stereocenters. The maximum absolute atomic E-state index is 12.5. The van der Waals surface area contributed by atoms with Crippen molar-refractivity contribution < 1.29 is 19.5 Å². The van der Waals surface area contributed by atoms with Gasteiger partial charge in [0.2, 0.25) is 11.8 Å². The fourth-order valence-electron chi connectivity index (χ4n) is 2.56. The van der Waals surface area contributed by atoms with E-state index in [2.05, 4.69) is 5.32 Å². The Hall–Kier alpha value is -1.63. The first-order valence-electron chi connectivity index (χ1n) is 7.61. The van der Waals surface area contributed by atoms with E-state index in [-0.39, 0.29) is 17.7 Å². The first kappa shape index (κ1) is 18.4. The molecule has 1 aliphatic rings. The van der Waals surface area contributed by atoms with Crippen LogP contribution in [-0.4, -0.2) is 70.4 Å². The summed E-state index contributed by atoms with van der Waals surface area (Å²) in [6, 6.07) is -0.898. The highest BCUT2D eigenvalue weighted by molar-refractivity contribution is 5.89. The predicted octanol–water partition coefficient (Wildman–Crippen LogP) is 0.155. The molecule has 1 aliphatic heterocycles. The first-order valence-corrected chi connectivity index (χ1v) is 7.61. The SMILES string of the molecule is CC(=O)N1CCN(C(C)(C)C(=O)NC(C(=O)O)C(C)C)CC1. The van der Waals surface area contributed by atoms with Crippen LogP contribution in [0.1, 0.15) is 34.6 Å². The minimum atomic E-state index is -1.03. The second-order valence-corrected chi connectivity index (χ2v) is 6.59. The summed E-state index contributed by atoms with van der Waals surface area (Å²) in [5.41, 5.74) is -0.814. The zero-order valence-electron chi connectivity index (χ0n) is 14.0. The highest BCUT2D eigenvalue weighted by Gasteiger charge is 2.38. The number of carbonyl (C=O) groups excluding carboxylic acids is 2. The molecular weight excluding hydrogens is 286 g/mol. The van der Waals surface area contributed by atoms with Crippen molar-refractivity contribution >= 4 is 17.8 Å². The van der Waals surface area contributed by atoms with E-state index in [0.717, 1.165) is 0 Å². The third-order valence-electron chi connectivity index (χ3n) is 4.29. The topological polar surface area (TPSA) is 90.0 Å². The summed E-state index contributed by atoms with van der Waals surface area (Å²) in [5.74, 6) is -1.48. The van der Waals surface area contributed by atoms with Crippen molar-refractivity contribution in [3.05, 3.63) is 0 Å². The Bertz CT molecular complexity index is 440. The molecule has 1 heterocycles. The van der Waals surface area contributed by atoms with Gasteiger partial charge in [0.1, 0.15) is 6.04 Å². The fourth-order valence-corrected chi connectivity index (χ4v) is 2.56. The molecule has 0 spiro atoms. The zero-order valence-corrected chi connectivity index (χ0v) is 14.0. The van der Waals surface area contributed by atoms with Crippen molar-refractivity contribution in [2.75, 3.05) is 26.2 Å². The molecule has 0 aromatic rings. The average molecular weight is 313 g/mol. The Morgan fingerprint density at radius 2 is 1.59 bits per heavy atom. The minimum Gasteiger partial charge on any atom is -0.480 e. The first-order chi connectivity index (χ1) is 10.1. The molecule has 1 rings (SSSR count). The lowest BCUT2D eigenvalue weighted by molar-refractivity contribution is -0.146. The van der Waals surface area contributed by atoms with Gasteiger partial charge in [-0.2, -0.15) is 0 Å². The maximum atomic E-state index is 12.5. The summed E-state index contributed by atoms with van der Waals surface area (Å²) in [6.07, 6.45) is 0. The number of amides is 2. The molecule has 1 unspecified atom stereocenters. The average Bonchev–Trinajstić information content (AvgIpc) is 2.43. The van der Waals surface area contributed by atoms with Crippen molar-refractivity contribution in [2.24, 2.45) is 5.92 Å². The molecule has 0 radical (unpaired) electrons. The Morgan fingerprint density at radius 3 is 1.95 bits per heavy atom. The minimum absolute atomic E-state index is 0.0349. The Morgan fingerprint density at radius 1 is 1.09 bits per heavy atom. The maximum Gasteiger partial charge on any atom is 0.326 e. The zero-order chi connectivity index (χ0) is 17.1. The van der Waals surface area contributed by atoms with Gasteiger partial charge < -0.3 is 15.3 Å². The van der Waals surface area contributed by atoms with Crippen molar-refractivity contribution in [2.45, 2.75) is 46.2 Å². The van der Waals surface area contributed by atoms with E-state index in [1.54, 1.807) is 32.6 Å². The van der Waals surface area contributed by atoms with E-state index in [4.69, 9.17) is 0 Å². The smallest absolute Gasteiger partial charge is 0.326 e. The molecule has 1 saturated heterocycles. The number of piperazine rings is 1. The van der Waals surface area contributed by atoms with Crippen molar-refractivity contribution in [3.8, 4) is 0 Å².